The van der Waals surface area contributed by atoms with Gasteiger partial charge in [0.15, 0.2) is 10.1 Å². The van der Waals surface area contributed by atoms with Crippen LogP contribution >= 0.6 is 23.1 Å². The van der Waals surface area contributed by atoms with E-state index in [0.717, 1.165) is 15.6 Å². The van der Waals surface area contributed by atoms with Gasteiger partial charge in [0.1, 0.15) is 5.76 Å². The van der Waals surface area contributed by atoms with Crippen molar-refractivity contribution in [2.45, 2.75) is 30.0 Å². The first-order valence-corrected chi connectivity index (χ1v) is 8.43. The van der Waals surface area contributed by atoms with E-state index >= 15 is 0 Å². The SMILES string of the molecule is Cc1csc(SC2=C(O)CC(c3ccccc3)CC2=O)n1. The van der Waals surface area contributed by atoms with Gasteiger partial charge in [-0.15, -0.1) is 11.3 Å². The highest BCUT2D eigenvalue weighted by atomic mass is 32.2. The van der Waals surface area contributed by atoms with E-state index in [4.69, 9.17) is 0 Å². The second-order valence-corrected chi connectivity index (χ2v) is 7.19. The van der Waals surface area contributed by atoms with Crippen molar-refractivity contribution in [3.63, 3.8) is 0 Å². The van der Waals surface area contributed by atoms with Crippen molar-refractivity contribution < 1.29 is 9.90 Å². The van der Waals surface area contributed by atoms with Crippen LogP contribution in [0.4, 0.5) is 0 Å². The van der Waals surface area contributed by atoms with Crippen molar-refractivity contribution in [1.29, 1.82) is 0 Å². The number of thiazole rings is 1. The highest BCUT2D eigenvalue weighted by Crippen LogP contribution is 2.40. The van der Waals surface area contributed by atoms with Crippen molar-refractivity contribution in [3.8, 4) is 0 Å². The van der Waals surface area contributed by atoms with E-state index in [1.165, 1.54) is 23.1 Å². The fraction of sp³-hybridized carbons (Fsp3) is 0.250. The van der Waals surface area contributed by atoms with Crippen LogP contribution in [0.25, 0.3) is 0 Å². The van der Waals surface area contributed by atoms with Gasteiger partial charge in [-0.1, -0.05) is 42.1 Å². The Kier molecular flexibility index (Phi) is 4.12. The molecule has 0 saturated heterocycles. The highest BCUT2D eigenvalue weighted by Gasteiger charge is 2.29. The molecule has 0 radical (unpaired) electrons. The summed E-state index contributed by atoms with van der Waals surface area (Å²) in [5.41, 5.74) is 2.04. The molecule has 0 bridgehead atoms. The maximum atomic E-state index is 12.3. The van der Waals surface area contributed by atoms with E-state index in [9.17, 15) is 9.90 Å². The molecule has 0 amide bonds. The van der Waals surface area contributed by atoms with Crippen molar-refractivity contribution in [3.05, 3.63) is 57.6 Å². The topological polar surface area (TPSA) is 50.2 Å². The van der Waals surface area contributed by atoms with Crippen LogP contribution in [0.2, 0.25) is 0 Å². The minimum Gasteiger partial charge on any atom is -0.511 e. The summed E-state index contributed by atoms with van der Waals surface area (Å²) >= 11 is 2.79. The molecule has 3 rings (SSSR count). The maximum absolute atomic E-state index is 12.3. The number of carbonyl (C=O) groups excluding carboxylic acids is 1. The molecule has 1 aliphatic carbocycles. The lowest BCUT2D eigenvalue weighted by molar-refractivity contribution is -0.115. The summed E-state index contributed by atoms with van der Waals surface area (Å²) in [5, 5.41) is 12.2. The molecule has 0 aliphatic heterocycles. The Morgan fingerprint density at radius 2 is 2.05 bits per heavy atom. The summed E-state index contributed by atoms with van der Waals surface area (Å²) in [6, 6.07) is 9.89. The number of Topliss-reactive ketones (excluding diaryl/α,β-unsaturated/α-hetero) is 1. The molecular weight excluding hydrogens is 302 g/mol. The third-order valence-corrected chi connectivity index (χ3v) is 5.67. The van der Waals surface area contributed by atoms with Crippen LogP contribution in [0.3, 0.4) is 0 Å². The van der Waals surface area contributed by atoms with Crippen LogP contribution < -0.4 is 0 Å². The summed E-state index contributed by atoms with van der Waals surface area (Å²) in [5.74, 6) is 0.268. The monoisotopic (exact) mass is 317 g/mol. The van der Waals surface area contributed by atoms with Crippen molar-refractivity contribution in [2.24, 2.45) is 0 Å². The number of aromatic nitrogens is 1. The number of allylic oxidation sites excluding steroid dienone is 2. The smallest absolute Gasteiger partial charge is 0.173 e. The van der Waals surface area contributed by atoms with Gasteiger partial charge in [-0.2, -0.15) is 0 Å². The van der Waals surface area contributed by atoms with Crippen LogP contribution in [-0.2, 0) is 4.79 Å². The molecule has 1 unspecified atom stereocenters. The summed E-state index contributed by atoms with van der Waals surface area (Å²) < 4.78 is 0.806. The third kappa shape index (κ3) is 3.19. The van der Waals surface area contributed by atoms with Crippen LogP contribution in [0, 0.1) is 6.92 Å². The third-order valence-electron chi connectivity index (χ3n) is 3.45. The molecule has 1 atom stereocenters. The molecule has 1 heterocycles. The number of ketones is 1. The predicted octanol–water partition coefficient (Wildman–Crippen LogP) is 4.46. The number of thioether (sulfide) groups is 1. The second kappa shape index (κ2) is 6.03. The van der Waals surface area contributed by atoms with Gasteiger partial charge in [0.2, 0.25) is 0 Å². The standard InChI is InChI=1S/C16H15NO2S2/c1-10-9-20-16(17-10)21-15-13(18)7-12(8-14(15)19)11-5-3-2-4-6-11/h2-6,9,12,18H,7-8H2,1H3. The molecule has 1 N–H and O–H groups in total. The highest BCUT2D eigenvalue weighted by molar-refractivity contribution is 8.05. The summed E-state index contributed by atoms with van der Waals surface area (Å²) in [6.07, 6.45) is 0.962. The maximum Gasteiger partial charge on any atom is 0.173 e. The Bertz CT molecular complexity index is 691. The molecule has 5 heteroatoms. The molecule has 1 aromatic heterocycles. The number of carbonyl (C=O) groups is 1. The molecule has 108 valence electrons. The Morgan fingerprint density at radius 3 is 2.67 bits per heavy atom. The first kappa shape index (κ1) is 14.4. The van der Waals surface area contributed by atoms with E-state index in [0.29, 0.717) is 17.7 Å². The molecule has 0 spiro atoms. The Balaban J connectivity index is 1.81. The van der Waals surface area contributed by atoms with Gasteiger partial charge in [0.05, 0.1) is 4.91 Å². The Hall–Kier alpha value is -1.59. The molecule has 2 aromatic rings. The summed E-state index contributed by atoms with van der Waals surface area (Å²) in [4.78, 5) is 17.1. The zero-order chi connectivity index (χ0) is 14.8. The lowest BCUT2D eigenvalue weighted by Gasteiger charge is -2.23. The van der Waals surface area contributed by atoms with Gasteiger partial charge in [-0.25, -0.2) is 4.98 Å². The van der Waals surface area contributed by atoms with Gasteiger partial charge in [0.25, 0.3) is 0 Å². The molecule has 21 heavy (non-hydrogen) atoms. The van der Waals surface area contributed by atoms with Crippen LogP contribution in [0.1, 0.15) is 30.0 Å². The number of hydrogen-bond donors (Lipinski definition) is 1. The minimum absolute atomic E-state index is 0.00505. The molecule has 1 aliphatic rings. The number of aliphatic hydroxyl groups is 1. The van der Waals surface area contributed by atoms with Crippen LogP contribution in [0.5, 0.6) is 0 Å². The fourth-order valence-electron chi connectivity index (χ4n) is 2.42. The van der Waals surface area contributed by atoms with Gasteiger partial charge < -0.3 is 5.11 Å². The number of hydrogen-bond acceptors (Lipinski definition) is 5. The van der Waals surface area contributed by atoms with E-state index < -0.39 is 0 Å². The average Bonchev–Trinajstić information content (AvgIpc) is 2.89. The Labute approximate surface area is 131 Å². The first-order chi connectivity index (χ1) is 10.1. The molecule has 0 saturated carbocycles. The van der Waals surface area contributed by atoms with Crippen LogP contribution in [0.15, 0.2) is 50.7 Å². The fourth-order valence-corrected chi connectivity index (χ4v) is 4.29. The molecule has 0 fully saturated rings. The second-order valence-electron chi connectivity index (χ2n) is 5.07. The summed E-state index contributed by atoms with van der Waals surface area (Å²) in [6.45, 7) is 1.92. The van der Waals surface area contributed by atoms with Crippen molar-refractivity contribution in [1.82, 2.24) is 4.98 Å². The molecule has 3 nitrogen and oxygen atoms in total. The zero-order valence-corrected chi connectivity index (χ0v) is 13.2. The lowest BCUT2D eigenvalue weighted by Crippen LogP contribution is -2.16. The number of nitrogens with zero attached hydrogens (tertiary/aromatic N) is 1. The lowest BCUT2D eigenvalue weighted by atomic mass is 9.86. The van der Waals surface area contributed by atoms with Gasteiger partial charge in [-0.05, 0) is 18.4 Å². The Morgan fingerprint density at radius 1 is 1.29 bits per heavy atom. The van der Waals surface area contributed by atoms with Gasteiger partial charge in [-0.3, -0.25) is 4.79 Å². The molecular formula is C16H15NO2S2. The zero-order valence-electron chi connectivity index (χ0n) is 11.6. The van der Waals surface area contributed by atoms with E-state index in [-0.39, 0.29) is 17.5 Å². The minimum atomic E-state index is 0.00505. The number of aryl methyl sites for hydroxylation is 1. The summed E-state index contributed by atoms with van der Waals surface area (Å²) in [7, 11) is 0. The number of benzene rings is 1. The predicted molar refractivity (Wildman–Crippen MR) is 85.8 cm³/mol. The van der Waals surface area contributed by atoms with Crippen molar-refractivity contribution >= 4 is 28.9 Å². The van der Waals surface area contributed by atoms with E-state index in [2.05, 4.69) is 4.98 Å². The first-order valence-electron chi connectivity index (χ1n) is 6.73. The molecule has 1 aromatic carbocycles. The number of aliphatic hydroxyl groups excluding tert-OH is 1. The quantitative estimate of drug-likeness (QED) is 0.908. The largest absolute Gasteiger partial charge is 0.511 e. The van der Waals surface area contributed by atoms with Gasteiger partial charge >= 0.3 is 0 Å². The number of rotatable bonds is 3. The van der Waals surface area contributed by atoms with E-state index in [1.807, 2.05) is 42.6 Å². The van der Waals surface area contributed by atoms with Crippen LogP contribution in [-0.4, -0.2) is 15.9 Å². The van der Waals surface area contributed by atoms with Gasteiger partial charge in [0, 0.05) is 23.9 Å². The average molecular weight is 317 g/mol. The van der Waals surface area contributed by atoms with E-state index in [1.54, 1.807) is 0 Å². The van der Waals surface area contributed by atoms with Crippen molar-refractivity contribution in [2.75, 3.05) is 0 Å². The normalized spacial score (nSPS) is 19.1.